The van der Waals surface area contributed by atoms with Crippen LogP contribution in [0.1, 0.15) is 18.4 Å². The van der Waals surface area contributed by atoms with Crippen LogP contribution in [0.4, 0.5) is 0 Å². The van der Waals surface area contributed by atoms with E-state index in [2.05, 4.69) is 5.32 Å². The predicted octanol–water partition coefficient (Wildman–Crippen LogP) is 0.724. The number of methoxy groups -OCH3 is 1. The highest BCUT2D eigenvalue weighted by atomic mass is 32.2. The zero-order valence-electron chi connectivity index (χ0n) is 11.6. The first-order valence-corrected chi connectivity index (χ1v) is 8.52. The van der Waals surface area contributed by atoms with Crippen LogP contribution in [0.5, 0.6) is 5.75 Å². The Kier molecular flexibility index (Phi) is 4.67. The number of benzene rings is 1. The molecule has 0 saturated carbocycles. The molecule has 0 atom stereocenters. The Morgan fingerprint density at radius 3 is 2.60 bits per heavy atom. The van der Waals surface area contributed by atoms with E-state index in [0.29, 0.717) is 25.9 Å². The Balaban J connectivity index is 1.87. The van der Waals surface area contributed by atoms with Crippen LogP contribution in [0.15, 0.2) is 24.3 Å². The molecule has 6 heteroatoms. The molecule has 2 N–H and O–H groups in total. The first-order valence-electron chi connectivity index (χ1n) is 6.70. The monoisotopic (exact) mass is 299 g/mol. The second-order valence-electron chi connectivity index (χ2n) is 5.29. The lowest BCUT2D eigenvalue weighted by Gasteiger charge is -2.32. The summed E-state index contributed by atoms with van der Waals surface area (Å²) in [4.78, 5) is 0. The molecule has 0 aromatic heterocycles. The van der Waals surface area contributed by atoms with E-state index in [-0.39, 0.29) is 11.5 Å². The molecule has 1 saturated heterocycles. The largest absolute Gasteiger partial charge is 0.496 e. The van der Waals surface area contributed by atoms with Gasteiger partial charge in [-0.2, -0.15) is 0 Å². The molecule has 1 aliphatic heterocycles. The number of hydrogen-bond donors (Lipinski definition) is 2. The lowest BCUT2D eigenvalue weighted by Crippen LogP contribution is -2.46. The van der Waals surface area contributed by atoms with E-state index in [1.807, 2.05) is 24.3 Å². The number of hydrogen-bond acceptors (Lipinski definition) is 5. The van der Waals surface area contributed by atoms with Gasteiger partial charge in [0.05, 0.1) is 24.2 Å². The molecule has 1 fully saturated rings. The average Bonchev–Trinajstić information content (AvgIpc) is 2.43. The molecule has 1 aliphatic rings. The fourth-order valence-electron chi connectivity index (χ4n) is 2.37. The fourth-order valence-corrected chi connectivity index (χ4v) is 3.96. The quantitative estimate of drug-likeness (QED) is 0.838. The molecule has 0 amide bonds. The maximum Gasteiger partial charge on any atom is 0.150 e. The standard InChI is InChI=1S/C14H21NO4S/c1-19-13-5-3-2-4-12(13)10-15-11-14(16)6-8-20(17,18)9-7-14/h2-5,15-16H,6-11H2,1H3. The highest BCUT2D eigenvalue weighted by Crippen LogP contribution is 2.23. The maximum absolute atomic E-state index is 11.4. The molecule has 0 radical (unpaired) electrons. The van der Waals surface area contributed by atoms with Gasteiger partial charge in [0, 0.05) is 18.7 Å². The molecule has 112 valence electrons. The third-order valence-electron chi connectivity index (χ3n) is 3.72. The van der Waals surface area contributed by atoms with E-state index in [1.54, 1.807) is 7.11 Å². The zero-order valence-corrected chi connectivity index (χ0v) is 12.4. The van der Waals surface area contributed by atoms with Crippen molar-refractivity contribution in [3.8, 4) is 5.75 Å². The molecule has 0 unspecified atom stereocenters. The summed E-state index contributed by atoms with van der Waals surface area (Å²) in [6.07, 6.45) is 0.600. The van der Waals surface area contributed by atoms with Gasteiger partial charge in [-0.3, -0.25) is 0 Å². The lowest BCUT2D eigenvalue weighted by atomic mass is 9.97. The van der Waals surface area contributed by atoms with Crippen molar-refractivity contribution in [3.05, 3.63) is 29.8 Å². The van der Waals surface area contributed by atoms with Crippen molar-refractivity contribution in [2.24, 2.45) is 0 Å². The van der Waals surface area contributed by atoms with Gasteiger partial charge in [-0.25, -0.2) is 8.42 Å². The third kappa shape index (κ3) is 3.94. The summed E-state index contributed by atoms with van der Waals surface area (Å²) in [7, 11) is -1.33. The Labute approximate surface area is 119 Å². The summed E-state index contributed by atoms with van der Waals surface area (Å²) in [5.41, 5.74) is 0.0925. The molecular weight excluding hydrogens is 278 g/mol. The molecule has 1 aromatic carbocycles. The topological polar surface area (TPSA) is 75.6 Å². The molecule has 0 bridgehead atoms. The number of nitrogens with one attached hydrogen (secondary N) is 1. The molecular formula is C14H21NO4S. The van der Waals surface area contributed by atoms with E-state index in [9.17, 15) is 13.5 Å². The Bertz CT molecular complexity index is 542. The van der Waals surface area contributed by atoms with Gasteiger partial charge in [-0.15, -0.1) is 0 Å². The minimum absolute atomic E-state index is 0.0693. The zero-order chi connectivity index (χ0) is 14.6. The van der Waals surface area contributed by atoms with Crippen molar-refractivity contribution in [3.63, 3.8) is 0 Å². The highest BCUT2D eigenvalue weighted by molar-refractivity contribution is 7.91. The van der Waals surface area contributed by atoms with Gasteiger partial charge in [0.15, 0.2) is 9.84 Å². The van der Waals surface area contributed by atoms with Gasteiger partial charge < -0.3 is 15.2 Å². The van der Waals surface area contributed by atoms with Gasteiger partial charge >= 0.3 is 0 Å². The molecule has 1 aromatic rings. The lowest BCUT2D eigenvalue weighted by molar-refractivity contribution is 0.0303. The molecule has 5 nitrogen and oxygen atoms in total. The first kappa shape index (κ1) is 15.3. The summed E-state index contributed by atoms with van der Waals surface area (Å²) in [6, 6.07) is 7.68. The molecule has 0 spiro atoms. The second-order valence-corrected chi connectivity index (χ2v) is 7.60. The van der Waals surface area contributed by atoms with Crippen LogP contribution in [-0.2, 0) is 16.4 Å². The van der Waals surface area contributed by atoms with Crippen LogP contribution in [-0.4, -0.2) is 44.3 Å². The van der Waals surface area contributed by atoms with Gasteiger partial charge in [0.1, 0.15) is 5.75 Å². The first-order chi connectivity index (χ1) is 9.44. The summed E-state index contributed by atoms with van der Waals surface area (Å²) >= 11 is 0. The van der Waals surface area contributed by atoms with Crippen LogP contribution < -0.4 is 10.1 Å². The average molecular weight is 299 g/mol. The Hall–Kier alpha value is -1.11. The van der Waals surface area contributed by atoms with Crippen molar-refractivity contribution in [1.29, 1.82) is 0 Å². The second kappa shape index (κ2) is 6.11. The van der Waals surface area contributed by atoms with Crippen LogP contribution in [0.25, 0.3) is 0 Å². The smallest absolute Gasteiger partial charge is 0.150 e. The molecule has 1 heterocycles. The van der Waals surface area contributed by atoms with E-state index < -0.39 is 15.4 Å². The predicted molar refractivity (Wildman–Crippen MR) is 77.5 cm³/mol. The van der Waals surface area contributed by atoms with E-state index in [0.717, 1.165) is 11.3 Å². The minimum atomic E-state index is -2.95. The van der Waals surface area contributed by atoms with Crippen molar-refractivity contribution in [1.82, 2.24) is 5.32 Å². The van der Waals surface area contributed by atoms with Crippen LogP contribution in [0, 0.1) is 0 Å². The molecule has 2 rings (SSSR count). The summed E-state index contributed by atoms with van der Waals surface area (Å²) in [5, 5.41) is 13.5. The molecule has 0 aliphatic carbocycles. The van der Waals surface area contributed by atoms with Crippen LogP contribution in [0.2, 0.25) is 0 Å². The Morgan fingerprint density at radius 1 is 1.30 bits per heavy atom. The number of ether oxygens (including phenoxy) is 1. The number of sulfone groups is 1. The third-order valence-corrected chi connectivity index (χ3v) is 5.37. The molecule has 20 heavy (non-hydrogen) atoms. The number of rotatable bonds is 5. The maximum atomic E-state index is 11.4. The summed E-state index contributed by atoms with van der Waals surface area (Å²) in [5.74, 6) is 0.942. The van der Waals surface area contributed by atoms with Crippen molar-refractivity contribution >= 4 is 9.84 Å². The van der Waals surface area contributed by atoms with Crippen LogP contribution in [0.3, 0.4) is 0 Å². The van der Waals surface area contributed by atoms with E-state index >= 15 is 0 Å². The minimum Gasteiger partial charge on any atom is -0.496 e. The van der Waals surface area contributed by atoms with Gasteiger partial charge in [-0.1, -0.05) is 18.2 Å². The van der Waals surface area contributed by atoms with E-state index in [4.69, 9.17) is 4.74 Å². The van der Waals surface area contributed by atoms with Crippen molar-refractivity contribution in [2.75, 3.05) is 25.2 Å². The van der Waals surface area contributed by atoms with Crippen LogP contribution >= 0.6 is 0 Å². The Morgan fingerprint density at radius 2 is 1.95 bits per heavy atom. The summed E-state index contributed by atoms with van der Waals surface area (Å²) in [6.45, 7) is 0.972. The van der Waals surface area contributed by atoms with Gasteiger partial charge in [0.2, 0.25) is 0 Å². The van der Waals surface area contributed by atoms with Gasteiger partial charge in [0.25, 0.3) is 0 Å². The summed E-state index contributed by atoms with van der Waals surface area (Å²) < 4.78 is 28.0. The van der Waals surface area contributed by atoms with Gasteiger partial charge in [-0.05, 0) is 18.9 Å². The van der Waals surface area contributed by atoms with Crippen molar-refractivity contribution in [2.45, 2.75) is 25.0 Å². The normalized spacial score (nSPS) is 20.5. The number of aliphatic hydroxyl groups is 1. The van der Waals surface area contributed by atoms with E-state index in [1.165, 1.54) is 0 Å². The SMILES string of the molecule is COc1ccccc1CNCC1(O)CCS(=O)(=O)CC1. The van der Waals surface area contributed by atoms with Crippen molar-refractivity contribution < 1.29 is 18.3 Å². The fraction of sp³-hybridized carbons (Fsp3) is 0.571. The number of para-hydroxylation sites is 1. The highest BCUT2D eigenvalue weighted by Gasteiger charge is 2.34.